The van der Waals surface area contributed by atoms with E-state index in [9.17, 15) is 28.3 Å². The van der Waals surface area contributed by atoms with E-state index in [1.807, 2.05) is 6.92 Å². The van der Waals surface area contributed by atoms with E-state index >= 15 is 0 Å². The predicted octanol–water partition coefficient (Wildman–Crippen LogP) is -2.48. The van der Waals surface area contributed by atoms with Crippen molar-refractivity contribution in [1.29, 1.82) is 0 Å². The number of likely N-dealkylation sites (tertiary alicyclic amines) is 1. The van der Waals surface area contributed by atoms with Crippen LogP contribution in [-0.4, -0.2) is 48.0 Å². The van der Waals surface area contributed by atoms with Gasteiger partial charge in [-0.2, -0.15) is 0 Å². The monoisotopic (exact) mass is 388 g/mol. The summed E-state index contributed by atoms with van der Waals surface area (Å²) in [4.78, 5) is 36.5. The normalized spacial score (nSPS) is 19.7. The first-order valence-electron chi connectivity index (χ1n) is 7.34. The number of carboxylic acid groups (broad SMARTS) is 1. The molecular weight excluding hydrogens is 371 g/mol. The van der Waals surface area contributed by atoms with Crippen molar-refractivity contribution >= 4 is 28.9 Å². The Morgan fingerprint density at radius 3 is 2.19 bits per heavy atom. The molecule has 2 rings (SSSR count). The van der Waals surface area contributed by atoms with Crippen LogP contribution in [0.5, 0.6) is 0 Å². The number of rotatable bonds is 5. The van der Waals surface area contributed by atoms with Crippen molar-refractivity contribution in [3.05, 3.63) is 46.7 Å². The molecule has 1 aliphatic rings. The minimum Gasteiger partial charge on any atom is -0.771 e. The van der Waals surface area contributed by atoms with E-state index in [-0.39, 0.29) is 40.7 Å². The average Bonchev–Trinajstić information content (AvgIpc) is 2.52. The Morgan fingerprint density at radius 1 is 1.23 bits per heavy atom. The topological polar surface area (TPSA) is 127 Å². The number of nitrogens with zero attached hydrogens (tertiary/aromatic N) is 1. The van der Waals surface area contributed by atoms with Crippen molar-refractivity contribution in [2.45, 2.75) is 32.2 Å². The maximum absolute atomic E-state index is 12.3. The molecule has 1 aliphatic heterocycles. The quantitative estimate of drug-likeness (QED) is 0.249. The molecule has 0 radical (unpaired) electrons. The number of aliphatic carboxylic acids is 1. The third-order valence-corrected chi connectivity index (χ3v) is 4.64. The Kier molecular flexibility index (Phi) is 7.72. The molecule has 1 heterocycles. The Hall–Kier alpha value is -1.52. The zero-order valence-electron chi connectivity index (χ0n) is 14.8. The van der Waals surface area contributed by atoms with Crippen LogP contribution in [0.2, 0.25) is 0 Å². The summed E-state index contributed by atoms with van der Waals surface area (Å²) in [6, 6.07) is 5.18. The fourth-order valence-electron chi connectivity index (χ4n) is 2.52. The third kappa shape index (κ3) is 4.41. The summed E-state index contributed by atoms with van der Waals surface area (Å²) in [5.74, 6) is -2.80. The molecule has 1 aromatic rings. The summed E-state index contributed by atoms with van der Waals surface area (Å²) in [5.41, 5.74) is 1.09. The minimum atomic E-state index is -2.79. The van der Waals surface area contributed by atoms with E-state index < -0.39 is 46.0 Å². The van der Waals surface area contributed by atoms with Crippen LogP contribution in [0.15, 0.2) is 35.5 Å². The molecule has 1 aromatic carbocycles. The van der Waals surface area contributed by atoms with Gasteiger partial charge < -0.3 is 15.0 Å². The zero-order chi connectivity index (χ0) is 18.9. The Bertz CT molecular complexity index is 788. The number of nitrogens with one attached hydrogen (secondary N) is 1. The van der Waals surface area contributed by atoms with Crippen molar-refractivity contribution < 1.29 is 57.8 Å². The number of carbonyl (C=O) groups is 3. The van der Waals surface area contributed by atoms with Crippen LogP contribution in [0.1, 0.15) is 29.8 Å². The number of amides is 2. The SMILES string of the molecule is CC(C)=C(C(=O)O)N1C(=O)C(NC(=O)c2ccc(C)cc2)C1S(=O)[O-].[Na+]. The molecule has 3 unspecified atom stereocenters. The van der Waals surface area contributed by atoms with Crippen molar-refractivity contribution in [2.24, 2.45) is 0 Å². The van der Waals surface area contributed by atoms with E-state index in [1.165, 1.54) is 13.8 Å². The molecule has 8 nitrogen and oxygen atoms in total. The molecule has 1 fully saturated rings. The molecule has 10 heteroatoms. The second-order valence-corrected chi connectivity index (χ2v) is 6.83. The molecule has 0 aromatic heterocycles. The number of β-lactam (4-membered cyclic amide) rings is 1. The number of carbonyl (C=O) groups excluding carboxylic acids is 2. The van der Waals surface area contributed by atoms with Crippen molar-refractivity contribution in [2.75, 3.05) is 0 Å². The van der Waals surface area contributed by atoms with Crippen LogP contribution in [0.25, 0.3) is 0 Å². The molecule has 0 aliphatic carbocycles. The van der Waals surface area contributed by atoms with Crippen molar-refractivity contribution in [1.82, 2.24) is 10.2 Å². The van der Waals surface area contributed by atoms with Gasteiger partial charge in [0, 0.05) is 5.56 Å². The molecule has 1 saturated heterocycles. The largest absolute Gasteiger partial charge is 1.00 e. The van der Waals surface area contributed by atoms with Gasteiger partial charge in [0.1, 0.15) is 17.1 Å². The minimum absolute atomic E-state index is 0. The van der Waals surface area contributed by atoms with Crippen LogP contribution in [0.3, 0.4) is 0 Å². The number of benzene rings is 1. The number of allylic oxidation sites excluding steroid dienone is 1. The van der Waals surface area contributed by atoms with E-state index in [0.717, 1.165) is 5.56 Å². The smallest absolute Gasteiger partial charge is 0.771 e. The first-order chi connectivity index (χ1) is 11.6. The van der Waals surface area contributed by atoms with Crippen LogP contribution in [-0.2, 0) is 20.7 Å². The van der Waals surface area contributed by atoms with E-state index in [4.69, 9.17) is 0 Å². The van der Waals surface area contributed by atoms with Gasteiger partial charge in [0.25, 0.3) is 11.8 Å². The number of hydrogen-bond acceptors (Lipinski definition) is 5. The Balaban J connectivity index is 0.00000338. The summed E-state index contributed by atoms with van der Waals surface area (Å²) < 4.78 is 23.0. The van der Waals surface area contributed by atoms with Gasteiger partial charge in [-0.05, 0) is 49.6 Å². The third-order valence-electron chi connectivity index (χ3n) is 3.76. The maximum atomic E-state index is 12.3. The summed E-state index contributed by atoms with van der Waals surface area (Å²) in [5, 5.41) is 10.1. The molecular formula is C16H17N2NaO6S. The second kappa shape index (κ2) is 8.92. The van der Waals surface area contributed by atoms with Gasteiger partial charge in [0.15, 0.2) is 0 Å². The standard InChI is InChI=1S/C16H18N2O6S.Na/c1-8(2)12(16(21)22)18-14(20)11(15(18)25(23)24)17-13(19)10-6-4-9(3)5-7-10;/h4-7,11,15H,1-3H3,(H,17,19)(H,21,22)(H,23,24);/q;+1/p-1. The van der Waals surface area contributed by atoms with Crippen molar-refractivity contribution in [3.63, 3.8) is 0 Å². The second-order valence-electron chi connectivity index (χ2n) is 5.83. The van der Waals surface area contributed by atoms with Crippen molar-refractivity contribution in [3.8, 4) is 0 Å². The van der Waals surface area contributed by atoms with Gasteiger partial charge in [-0.3, -0.25) is 18.7 Å². The average molecular weight is 388 g/mol. The number of aryl methyl sites for hydroxylation is 1. The summed E-state index contributed by atoms with van der Waals surface area (Å²) >= 11 is -2.79. The van der Waals surface area contributed by atoms with Crippen LogP contribution in [0.4, 0.5) is 0 Å². The molecule has 26 heavy (non-hydrogen) atoms. The number of carboxylic acids is 1. The fourth-order valence-corrected chi connectivity index (χ4v) is 3.31. The molecule has 2 N–H and O–H groups in total. The molecule has 0 spiro atoms. The zero-order valence-corrected chi connectivity index (χ0v) is 17.6. The van der Waals surface area contributed by atoms with Crippen LogP contribution < -0.4 is 34.9 Å². The Morgan fingerprint density at radius 2 is 1.77 bits per heavy atom. The number of hydrogen-bond donors (Lipinski definition) is 2. The van der Waals surface area contributed by atoms with Gasteiger partial charge in [0.05, 0.1) is 0 Å². The molecule has 0 bridgehead atoms. The Labute approximate surface area is 175 Å². The first-order valence-corrected chi connectivity index (χ1v) is 8.48. The summed E-state index contributed by atoms with van der Waals surface area (Å²) in [6.07, 6.45) is 0. The first kappa shape index (κ1) is 22.5. The maximum Gasteiger partial charge on any atom is 1.00 e. The van der Waals surface area contributed by atoms with E-state index in [1.54, 1.807) is 24.3 Å². The molecule has 3 atom stereocenters. The van der Waals surface area contributed by atoms with Gasteiger partial charge in [-0.1, -0.05) is 17.7 Å². The van der Waals surface area contributed by atoms with E-state index in [2.05, 4.69) is 5.32 Å². The fraction of sp³-hybridized carbons (Fsp3) is 0.312. The van der Waals surface area contributed by atoms with Gasteiger partial charge in [-0.25, -0.2) is 4.79 Å². The molecule has 134 valence electrons. The predicted molar refractivity (Wildman–Crippen MR) is 88.0 cm³/mol. The van der Waals surface area contributed by atoms with Gasteiger partial charge in [-0.15, -0.1) is 0 Å². The van der Waals surface area contributed by atoms with Gasteiger partial charge >= 0.3 is 35.5 Å². The summed E-state index contributed by atoms with van der Waals surface area (Å²) in [7, 11) is 0. The molecule has 0 saturated carbocycles. The van der Waals surface area contributed by atoms with Crippen LogP contribution >= 0.6 is 0 Å². The van der Waals surface area contributed by atoms with E-state index in [0.29, 0.717) is 4.90 Å². The van der Waals surface area contributed by atoms with Gasteiger partial charge in [0.2, 0.25) is 0 Å². The molecule has 2 amide bonds. The summed E-state index contributed by atoms with van der Waals surface area (Å²) in [6.45, 7) is 4.76. The van der Waals surface area contributed by atoms with Crippen LogP contribution in [0, 0.1) is 6.92 Å².